The number of sulfonamides is 1. The van der Waals surface area contributed by atoms with Gasteiger partial charge in [0, 0.05) is 19.0 Å². The molecule has 1 amide bonds. The molecule has 1 aliphatic carbocycles. The smallest absolute Gasteiger partial charge is 0.240 e. The molecule has 1 aromatic carbocycles. The van der Waals surface area contributed by atoms with E-state index in [1.165, 1.54) is 37.7 Å². The van der Waals surface area contributed by atoms with E-state index in [1.54, 1.807) is 26.0 Å². The summed E-state index contributed by atoms with van der Waals surface area (Å²) in [4.78, 5) is 11.7. The zero-order valence-corrected chi connectivity index (χ0v) is 15.4. The molecule has 0 spiro atoms. The normalized spacial score (nSPS) is 16.3. The summed E-state index contributed by atoms with van der Waals surface area (Å²) in [5.74, 6) is 0.384. The van der Waals surface area contributed by atoms with Crippen LogP contribution in [0.1, 0.15) is 57.4 Å². The van der Waals surface area contributed by atoms with Crippen molar-refractivity contribution in [3.63, 3.8) is 0 Å². The van der Waals surface area contributed by atoms with E-state index >= 15 is 0 Å². The first-order valence-electron chi connectivity index (χ1n) is 8.77. The number of hydrogen-bond donors (Lipinski definition) is 2. The minimum absolute atomic E-state index is 0.0777. The summed E-state index contributed by atoms with van der Waals surface area (Å²) in [6.45, 7) is 4.07. The molecule has 0 unspecified atom stereocenters. The van der Waals surface area contributed by atoms with Crippen LogP contribution >= 0.6 is 0 Å². The first-order valence-corrected chi connectivity index (χ1v) is 10.3. The second kappa shape index (κ2) is 8.62. The van der Waals surface area contributed by atoms with Gasteiger partial charge >= 0.3 is 0 Å². The fourth-order valence-corrected chi connectivity index (χ4v) is 4.05. The van der Waals surface area contributed by atoms with Crippen molar-refractivity contribution >= 4 is 15.9 Å². The molecule has 1 aliphatic rings. The molecule has 0 saturated heterocycles. The quantitative estimate of drug-likeness (QED) is 0.741. The van der Waals surface area contributed by atoms with Crippen LogP contribution in [0.3, 0.4) is 0 Å². The summed E-state index contributed by atoms with van der Waals surface area (Å²) >= 11 is 0. The Morgan fingerprint density at radius 3 is 2.29 bits per heavy atom. The molecule has 24 heavy (non-hydrogen) atoms. The third kappa shape index (κ3) is 5.31. The molecule has 5 nitrogen and oxygen atoms in total. The number of rotatable bonds is 7. The van der Waals surface area contributed by atoms with Crippen molar-refractivity contribution in [3.05, 3.63) is 29.8 Å². The Balaban J connectivity index is 1.88. The van der Waals surface area contributed by atoms with Gasteiger partial charge in [0.05, 0.1) is 4.90 Å². The lowest BCUT2D eigenvalue weighted by Crippen LogP contribution is -2.36. The first kappa shape index (κ1) is 18.9. The number of benzene rings is 1. The van der Waals surface area contributed by atoms with Gasteiger partial charge in [0.1, 0.15) is 0 Å². The van der Waals surface area contributed by atoms with Gasteiger partial charge in [0.25, 0.3) is 0 Å². The molecule has 0 bridgehead atoms. The molecule has 1 aromatic rings. The average molecular weight is 353 g/mol. The van der Waals surface area contributed by atoms with Gasteiger partial charge in [-0.15, -0.1) is 0 Å². The molecular weight excluding hydrogens is 324 g/mol. The Labute approximate surface area is 145 Å². The molecule has 1 saturated carbocycles. The van der Waals surface area contributed by atoms with Crippen LogP contribution in [0.15, 0.2) is 29.2 Å². The van der Waals surface area contributed by atoms with E-state index < -0.39 is 10.0 Å². The zero-order valence-electron chi connectivity index (χ0n) is 14.5. The Morgan fingerprint density at radius 2 is 1.71 bits per heavy atom. The molecule has 6 heteroatoms. The van der Waals surface area contributed by atoms with Crippen molar-refractivity contribution < 1.29 is 13.2 Å². The highest BCUT2D eigenvalue weighted by molar-refractivity contribution is 7.89. The second-order valence-corrected chi connectivity index (χ2v) is 8.51. The average Bonchev–Trinajstić information content (AvgIpc) is 2.59. The third-order valence-electron chi connectivity index (χ3n) is 4.51. The van der Waals surface area contributed by atoms with E-state index in [9.17, 15) is 13.2 Å². The van der Waals surface area contributed by atoms with Crippen LogP contribution in [0.25, 0.3) is 0 Å². The second-order valence-electron chi connectivity index (χ2n) is 6.75. The predicted octanol–water partition coefficient (Wildman–Crippen LogP) is 2.78. The fourth-order valence-electron chi connectivity index (χ4n) is 3.01. The van der Waals surface area contributed by atoms with E-state index in [0.717, 1.165) is 0 Å². The molecule has 0 aromatic heterocycles. The summed E-state index contributed by atoms with van der Waals surface area (Å²) in [6.07, 6.45) is 6.21. The molecule has 134 valence electrons. The van der Waals surface area contributed by atoms with Crippen molar-refractivity contribution in [2.24, 2.45) is 5.92 Å². The van der Waals surface area contributed by atoms with Crippen molar-refractivity contribution in [2.45, 2.75) is 56.8 Å². The number of carbonyl (C=O) groups is 1. The fraction of sp³-hybridized carbons (Fsp3) is 0.611. The Kier molecular flexibility index (Phi) is 6.80. The standard InChI is InChI=1S/C18H28N2O3S/c1-14(2)18(21)19-12-13-20-24(22,23)17-10-8-16(9-11-17)15-6-4-3-5-7-15/h8-11,14-15,20H,3-7,12-13H2,1-2H3,(H,19,21). The molecule has 0 aliphatic heterocycles. The number of nitrogens with one attached hydrogen (secondary N) is 2. The Hall–Kier alpha value is -1.40. The van der Waals surface area contributed by atoms with Crippen molar-refractivity contribution in [2.75, 3.05) is 13.1 Å². The maximum Gasteiger partial charge on any atom is 0.240 e. The monoisotopic (exact) mass is 352 g/mol. The highest BCUT2D eigenvalue weighted by atomic mass is 32.2. The van der Waals surface area contributed by atoms with Gasteiger partial charge < -0.3 is 5.32 Å². The predicted molar refractivity (Wildman–Crippen MR) is 95.3 cm³/mol. The molecule has 2 N–H and O–H groups in total. The van der Waals surface area contributed by atoms with Crippen LogP contribution in [0.4, 0.5) is 0 Å². The summed E-state index contributed by atoms with van der Waals surface area (Å²) < 4.78 is 27.1. The molecule has 0 atom stereocenters. The third-order valence-corrected chi connectivity index (χ3v) is 5.98. The van der Waals surface area contributed by atoms with Crippen LogP contribution in [0.5, 0.6) is 0 Å². The molecule has 0 radical (unpaired) electrons. The highest BCUT2D eigenvalue weighted by Crippen LogP contribution is 2.32. The van der Waals surface area contributed by atoms with Gasteiger partial charge in [0.2, 0.25) is 15.9 Å². The zero-order chi connectivity index (χ0) is 17.6. The van der Waals surface area contributed by atoms with Gasteiger partial charge in [-0.05, 0) is 36.5 Å². The van der Waals surface area contributed by atoms with E-state index in [4.69, 9.17) is 0 Å². The minimum atomic E-state index is -3.53. The van der Waals surface area contributed by atoms with Gasteiger partial charge in [-0.25, -0.2) is 13.1 Å². The lowest BCUT2D eigenvalue weighted by atomic mass is 9.84. The summed E-state index contributed by atoms with van der Waals surface area (Å²) in [5, 5.41) is 2.69. The summed E-state index contributed by atoms with van der Waals surface area (Å²) in [6, 6.07) is 7.23. The maximum absolute atomic E-state index is 12.3. The summed E-state index contributed by atoms with van der Waals surface area (Å²) in [7, 11) is -3.53. The van der Waals surface area contributed by atoms with Crippen LogP contribution in [0.2, 0.25) is 0 Å². The highest BCUT2D eigenvalue weighted by Gasteiger charge is 2.18. The van der Waals surface area contributed by atoms with Crippen molar-refractivity contribution in [1.82, 2.24) is 10.0 Å². The van der Waals surface area contributed by atoms with Crippen LogP contribution in [-0.4, -0.2) is 27.4 Å². The van der Waals surface area contributed by atoms with E-state index in [2.05, 4.69) is 10.0 Å². The SMILES string of the molecule is CC(C)C(=O)NCCNS(=O)(=O)c1ccc(C2CCCCC2)cc1. The molecule has 2 rings (SSSR count). The van der Waals surface area contributed by atoms with E-state index in [-0.39, 0.29) is 29.8 Å². The number of hydrogen-bond acceptors (Lipinski definition) is 3. The van der Waals surface area contributed by atoms with Crippen LogP contribution in [0, 0.1) is 5.92 Å². The van der Waals surface area contributed by atoms with Gasteiger partial charge in [-0.1, -0.05) is 45.2 Å². The van der Waals surface area contributed by atoms with E-state index in [0.29, 0.717) is 5.92 Å². The van der Waals surface area contributed by atoms with Crippen molar-refractivity contribution in [3.8, 4) is 0 Å². The maximum atomic E-state index is 12.3. The first-order chi connectivity index (χ1) is 11.4. The Morgan fingerprint density at radius 1 is 1.08 bits per heavy atom. The van der Waals surface area contributed by atoms with Gasteiger partial charge in [-0.3, -0.25) is 4.79 Å². The van der Waals surface area contributed by atoms with E-state index in [1.807, 2.05) is 12.1 Å². The van der Waals surface area contributed by atoms with Gasteiger partial charge in [0.15, 0.2) is 0 Å². The van der Waals surface area contributed by atoms with Crippen LogP contribution in [-0.2, 0) is 14.8 Å². The Bertz CT molecular complexity index is 633. The van der Waals surface area contributed by atoms with Crippen LogP contribution < -0.4 is 10.0 Å². The topological polar surface area (TPSA) is 75.3 Å². The minimum Gasteiger partial charge on any atom is -0.355 e. The molecule has 1 fully saturated rings. The van der Waals surface area contributed by atoms with Crippen molar-refractivity contribution in [1.29, 1.82) is 0 Å². The largest absolute Gasteiger partial charge is 0.355 e. The summed E-state index contributed by atoms with van der Waals surface area (Å²) in [5.41, 5.74) is 1.23. The van der Waals surface area contributed by atoms with Gasteiger partial charge in [-0.2, -0.15) is 0 Å². The lowest BCUT2D eigenvalue weighted by Gasteiger charge is -2.22. The molecule has 0 heterocycles. The number of amides is 1. The number of carbonyl (C=O) groups excluding carboxylic acids is 1. The molecular formula is C18H28N2O3S. The lowest BCUT2D eigenvalue weighted by molar-refractivity contribution is -0.123.